The van der Waals surface area contributed by atoms with Crippen LogP contribution in [0, 0.1) is 3.57 Å². The molecule has 1 N–H and O–H groups in total. The summed E-state index contributed by atoms with van der Waals surface area (Å²) in [5, 5.41) is 2.92. The van der Waals surface area contributed by atoms with Gasteiger partial charge in [-0.05, 0) is 71.0 Å². The molecule has 0 bridgehead atoms. The monoisotopic (exact) mass is 411 g/mol. The van der Waals surface area contributed by atoms with Crippen molar-refractivity contribution in [1.82, 2.24) is 5.32 Å². The van der Waals surface area contributed by atoms with Gasteiger partial charge in [0.25, 0.3) is 5.91 Å². The molecule has 1 amide bonds. The summed E-state index contributed by atoms with van der Waals surface area (Å²) in [6.07, 6.45) is 0.733. The second kappa shape index (κ2) is 8.03. The van der Waals surface area contributed by atoms with Gasteiger partial charge in [-0.2, -0.15) is 0 Å². The van der Waals surface area contributed by atoms with Gasteiger partial charge in [0.15, 0.2) is 11.5 Å². The second-order valence-corrected chi connectivity index (χ2v) is 5.95. The first-order chi connectivity index (χ1) is 10.6. The number of carbonyl (C=O) groups is 1. The van der Waals surface area contributed by atoms with Gasteiger partial charge in [-0.1, -0.05) is 6.07 Å². The van der Waals surface area contributed by atoms with E-state index in [4.69, 9.17) is 9.47 Å². The largest absolute Gasteiger partial charge is 0.493 e. The molecular formula is C17H18INO3. The average molecular weight is 411 g/mol. The van der Waals surface area contributed by atoms with Gasteiger partial charge in [-0.25, -0.2) is 0 Å². The lowest BCUT2D eigenvalue weighted by molar-refractivity contribution is 0.0954. The van der Waals surface area contributed by atoms with E-state index in [0.717, 1.165) is 15.6 Å². The summed E-state index contributed by atoms with van der Waals surface area (Å²) >= 11 is 2.21. The number of benzene rings is 2. The molecule has 0 aliphatic carbocycles. The van der Waals surface area contributed by atoms with Gasteiger partial charge in [0, 0.05) is 15.7 Å². The van der Waals surface area contributed by atoms with Crippen LogP contribution in [0.2, 0.25) is 0 Å². The van der Waals surface area contributed by atoms with Gasteiger partial charge in [0.05, 0.1) is 14.2 Å². The topological polar surface area (TPSA) is 47.6 Å². The summed E-state index contributed by atoms with van der Waals surface area (Å²) in [6.45, 7) is 0.570. The molecule has 2 rings (SSSR count). The molecule has 2 aromatic carbocycles. The number of amides is 1. The summed E-state index contributed by atoms with van der Waals surface area (Å²) < 4.78 is 11.6. The first-order valence-electron chi connectivity index (χ1n) is 6.88. The van der Waals surface area contributed by atoms with Crippen LogP contribution in [0.25, 0.3) is 0 Å². The average Bonchev–Trinajstić information content (AvgIpc) is 2.55. The van der Waals surface area contributed by atoms with Crippen molar-refractivity contribution < 1.29 is 14.3 Å². The van der Waals surface area contributed by atoms with Crippen molar-refractivity contribution in [3.63, 3.8) is 0 Å². The maximum atomic E-state index is 12.0. The van der Waals surface area contributed by atoms with E-state index in [9.17, 15) is 4.79 Å². The summed E-state index contributed by atoms with van der Waals surface area (Å²) in [5.41, 5.74) is 1.76. The van der Waals surface area contributed by atoms with Crippen molar-refractivity contribution in [2.75, 3.05) is 20.8 Å². The molecule has 116 valence electrons. The normalized spacial score (nSPS) is 10.1. The predicted octanol–water partition coefficient (Wildman–Crippen LogP) is 3.28. The number of nitrogens with one attached hydrogen (secondary N) is 1. The predicted molar refractivity (Wildman–Crippen MR) is 94.7 cm³/mol. The molecule has 22 heavy (non-hydrogen) atoms. The van der Waals surface area contributed by atoms with Crippen LogP contribution in [0.3, 0.4) is 0 Å². The number of methoxy groups -OCH3 is 2. The Bertz CT molecular complexity index is 641. The Morgan fingerprint density at radius 2 is 1.73 bits per heavy atom. The van der Waals surface area contributed by atoms with Crippen LogP contribution in [0.4, 0.5) is 0 Å². The number of hydrogen-bond acceptors (Lipinski definition) is 3. The van der Waals surface area contributed by atoms with Gasteiger partial charge < -0.3 is 14.8 Å². The van der Waals surface area contributed by atoms with Crippen molar-refractivity contribution >= 4 is 28.5 Å². The van der Waals surface area contributed by atoms with Crippen molar-refractivity contribution in [2.24, 2.45) is 0 Å². The fourth-order valence-corrected chi connectivity index (χ4v) is 2.42. The second-order valence-electron chi connectivity index (χ2n) is 4.70. The van der Waals surface area contributed by atoms with Gasteiger partial charge in [-0.3, -0.25) is 4.79 Å². The van der Waals surface area contributed by atoms with E-state index in [1.54, 1.807) is 14.2 Å². The maximum absolute atomic E-state index is 12.0. The Kier molecular flexibility index (Phi) is 6.06. The molecule has 4 nitrogen and oxygen atoms in total. The van der Waals surface area contributed by atoms with E-state index in [1.807, 2.05) is 42.5 Å². The van der Waals surface area contributed by atoms with Crippen LogP contribution in [-0.2, 0) is 6.42 Å². The number of carbonyl (C=O) groups excluding carboxylic acids is 1. The van der Waals surface area contributed by atoms with Gasteiger partial charge in [0.2, 0.25) is 0 Å². The van der Waals surface area contributed by atoms with Crippen LogP contribution in [0.15, 0.2) is 42.5 Å². The molecule has 2 aromatic rings. The lowest BCUT2D eigenvalue weighted by Crippen LogP contribution is -2.25. The van der Waals surface area contributed by atoms with E-state index < -0.39 is 0 Å². The molecule has 0 atom stereocenters. The highest BCUT2D eigenvalue weighted by atomic mass is 127. The van der Waals surface area contributed by atoms with E-state index in [0.29, 0.717) is 23.6 Å². The standard InChI is InChI=1S/C17H18INO3/c1-21-15-8-3-12(11-16(15)22-2)9-10-19-17(20)13-4-6-14(18)7-5-13/h3-8,11H,9-10H2,1-2H3,(H,19,20). The minimum absolute atomic E-state index is 0.0584. The maximum Gasteiger partial charge on any atom is 0.251 e. The lowest BCUT2D eigenvalue weighted by Gasteiger charge is -2.10. The van der Waals surface area contributed by atoms with E-state index in [-0.39, 0.29) is 5.91 Å². The number of ether oxygens (including phenoxy) is 2. The molecule has 0 radical (unpaired) electrons. The SMILES string of the molecule is COc1ccc(CCNC(=O)c2ccc(I)cc2)cc1OC. The molecule has 0 aromatic heterocycles. The third kappa shape index (κ3) is 4.37. The highest BCUT2D eigenvalue weighted by Crippen LogP contribution is 2.27. The minimum atomic E-state index is -0.0584. The van der Waals surface area contributed by atoms with Crippen LogP contribution >= 0.6 is 22.6 Å². The third-order valence-electron chi connectivity index (χ3n) is 3.25. The summed E-state index contributed by atoms with van der Waals surface area (Å²) in [7, 11) is 3.22. The van der Waals surface area contributed by atoms with Crippen LogP contribution in [0.5, 0.6) is 11.5 Å². The molecule has 0 fully saturated rings. The van der Waals surface area contributed by atoms with Crippen molar-refractivity contribution in [3.8, 4) is 11.5 Å². The number of halogens is 1. The molecule has 5 heteroatoms. The van der Waals surface area contributed by atoms with Gasteiger partial charge in [0.1, 0.15) is 0 Å². The Morgan fingerprint density at radius 3 is 2.36 bits per heavy atom. The minimum Gasteiger partial charge on any atom is -0.493 e. The highest BCUT2D eigenvalue weighted by molar-refractivity contribution is 14.1. The third-order valence-corrected chi connectivity index (χ3v) is 3.97. The fourth-order valence-electron chi connectivity index (χ4n) is 2.06. The smallest absolute Gasteiger partial charge is 0.251 e. The summed E-state index contributed by atoms with van der Waals surface area (Å²) in [4.78, 5) is 12.0. The molecule has 0 spiro atoms. The van der Waals surface area contributed by atoms with E-state index in [1.165, 1.54) is 0 Å². The Balaban J connectivity index is 1.90. The van der Waals surface area contributed by atoms with E-state index in [2.05, 4.69) is 27.9 Å². The first-order valence-corrected chi connectivity index (χ1v) is 7.96. The van der Waals surface area contributed by atoms with Crippen LogP contribution in [0.1, 0.15) is 15.9 Å². The zero-order valence-electron chi connectivity index (χ0n) is 12.6. The van der Waals surface area contributed by atoms with Gasteiger partial charge in [-0.15, -0.1) is 0 Å². The van der Waals surface area contributed by atoms with Crippen molar-refractivity contribution in [1.29, 1.82) is 0 Å². The summed E-state index contributed by atoms with van der Waals surface area (Å²) in [5.74, 6) is 1.34. The lowest BCUT2D eigenvalue weighted by atomic mass is 10.1. The first kappa shape index (κ1) is 16.6. The molecule has 0 saturated heterocycles. The van der Waals surface area contributed by atoms with Gasteiger partial charge >= 0.3 is 0 Å². The Morgan fingerprint density at radius 1 is 1.05 bits per heavy atom. The van der Waals surface area contributed by atoms with Crippen LogP contribution < -0.4 is 14.8 Å². The van der Waals surface area contributed by atoms with E-state index >= 15 is 0 Å². The molecular weight excluding hydrogens is 393 g/mol. The summed E-state index contributed by atoms with van der Waals surface area (Å²) in [6, 6.07) is 13.3. The molecule has 0 aliphatic rings. The van der Waals surface area contributed by atoms with Crippen molar-refractivity contribution in [2.45, 2.75) is 6.42 Å². The quantitative estimate of drug-likeness (QED) is 0.743. The fraction of sp³-hybridized carbons (Fsp3) is 0.235. The number of hydrogen-bond donors (Lipinski definition) is 1. The molecule has 0 aliphatic heterocycles. The highest BCUT2D eigenvalue weighted by Gasteiger charge is 2.07. The van der Waals surface area contributed by atoms with Crippen molar-refractivity contribution in [3.05, 3.63) is 57.2 Å². The molecule has 0 heterocycles. The zero-order valence-corrected chi connectivity index (χ0v) is 14.7. The van der Waals surface area contributed by atoms with Crippen LogP contribution in [-0.4, -0.2) is 26.7 Å². The zero-order chi connectivity index (χ0) is 15.9. The molecule has 0 unspecified atom stereocenters. The molecule has 0 saturated carbocycles. The Hall–Kier alpha value is -1.76. The number of rotatable bonds is 6. The Labute approximate surface area is 144 Å².